The molecule has 0 spiro atoms. The first-order valence-corrected chi connectivity index (χ1v) is 8.28. The Morgan fingerprint density at radius 3 is 2.41 bits per heavy atom. The molecule has 0 aliphatic carbocycles. The van der Waals surface area contributed by atoms with Gasteiger partial charge in [0, 0.05) is 10.3 Å². The van der Waals surface area contributed by atoms with Gasteiger partial charge in [0.2, 0.25) is 0 Å². The summed E-state index contributed by atoms with van der Waals surface area (Å²) < 4.78 is 18.9. The van der Waals surface area contributed by atoms with E-state index < -0.39 is 10.8 Å². The molecular formula is C19H14O2S. The molecule has 0 fully saturated rings. The summed E-state index contributed by atoms with van der Waals surface area (Å²) in [6.07, 6.45) is 0. The number of hydrogen-bond donors (Lipinski definition) is 0. The molecule has 0 bridgehead atoms. The maximum Gasteiger partial charge on any atom is 0.136 e. The molecule has 0 aliphatic rings. The average molecular weight is 306 g/mol. The quantitative estimate of drug-likeness (QED) is 0.518. The van der Waals surface area contributed by atoms with E-state index in [1.165, 1.54) is 0 Å². The Bertz CT molecular complexity index is 1000. The Hall–Kier alpha value is -2.39. The van der Waals surface area contributed by atoms with E-state index in [0.29, 0.717) is 5.76 Å². The van der Waals surface area contributed by atoms with Crippen LogP contribution in [-0.2, 0) is 10.8 Å². The normalized spacial score (nSPS) is 12.8. The predicted molar refractivity (Wildman–Crippen MR) is 89.6 cm³/mol. The minimum atomic E-state index is -1.25. The molecule has 3 aromatic carbocycles. The van der Waals surface area contributed by atoms with Crippen LogP contribution in [0.5, 0.6) is 0 Å². The first-order valence-electron chi connectivity index (χ1n) is 7.13. The van der Waals surface area contributed by atoms with Crippen LogP contribution >= 0.6 is 0 Å². The molecule has 22 heavy (non-hydrogen) atoms. The minimum absolute atomic E-state index is 0.716. The van der Waals surface area contributed by atoms with Gasteiger partial charge < -0.3 is 4.42 Å². The molecule has 1 atom stereocenters. The maximum absolute atomic E-state index is 13.0. The van der Waals surface area contributed by atoms with Gasteiger partial charge in [0.25, 0.3) is 0 Å². The van der Waals surface area contributed by atoms with Gasteiger partial charge in [-0.25, -0.2) is 4.21 Å². The van der Waals surface area contributed by atoms with Crippen LogP contribution in [0.25, 0.3) is 21.7 Å². The molecule has 1 unspecified atom stereocenters. The summed E-state index contributed by atoms with van der Waals surface area (Å²) >= 11 is 0. The topological polar surface area (TPSA) is 30.2 Å². The summed E-state index contributed by atoms with van der Waals surface area (Å²) in [4.78, 5) is 1.57. The zero-order valence-electron chi connectivity index (χ0n) is 12.1. The van der Waals surface area contributed by atoms with Crippen LogP contribution in [0, 0.1) is 6.92 Å². The smallest absolute Gasteiger partial charge is 0.136 e. The Morgan fingerprint density at radius 1 is 0.864 bits per heavy atom. The van der Waals surface area contributed by atoms with Crippen molar-refractivity contribution in [1.82, 2.24) is 0 Å². The molecule has 0 aliphatic heterocycles. The van der Waals surface area contributed by atoms with Crippen molar-refractivity contribution in [3.63, 3.8) is 0 Å². The molecule has 4 rings (SSSR count). The highest BCUT2D eigenvalue weighted by Crippen LogP contribution is 2.36. The number of hydrogen-bond acceptors (Lipinski definition) is 2. The van der Waals surface area contributed by atoms with E-state index in [2.05, 4.69) is 12.1 Å². The second kappa shape index (κ2) is 5.11. The number of fused-ring (bicyclic) bond motifs is 3. The highest BCUT2D eigenvalue weighted by atomic mass is 32.2. The van der Waals surface area contributed by atoms with Crippen molar-refractivity contribution in [1.29, 1.82) is 0 Å². The fourth-order valence-electron chi connectivity index (χ4n) is 2.84. The van der Waals surface area contributed by atoms with Crippen molar-refractivity contribution in [2.45, 2.75) is 16.7 Å². The number of benzene rings is 3. The van der Waals surface area contributed by atoms with E-state index in [0.717, 1.165) is 31.5 Å². The van der Waals surface area contributed by atoms with Gasteiger partial charge in [0.15, 0.2) is 0 Å². The summed E-state index contributed by atoms with van der Waals surface area (Å²) in [6, 6.07) is 21.6. The molecule has 0 amide bonds. The molecule has 1 aromatic heterocycles. The van der Waals surface area contributed by atoms with E-state index in [9.17, 15) is 4.21 Å². The second-order valence-electron chi connectivity index (χ2n) is 5.23. The molecular weight excluding hydrogens is 292 g/mol. The molecule has 1 heterocycles. The van der Waals surface area contributed by atoms with Gasteiger partial charge in [-0.05, 0) is 35.9 Å². The van der Waals surface area contributed by atoms with Gasteiger partial charge in [0.1, 0.15) is 11.3 Å². The fourth-order valence-corrected chi connectivity index (χ4v) is 4.18. The SMILES string of the molecule is Cc1oc2ccc3ccccc3c2c1S(=O)c1ccccc1. The molecule has 108 valence electrons. The molecule has 0 saturated heterocycles. The zero-order valence-corrected chi connectivity index (χ0v) is 12.9. The maximum atomic E-state index is 13.0. The van der Waals surface area contributed by atoms with E-state index in [1.54, 1.807) is 0 Å². The standard InChI is InChI=1S/C19H14O2S/c1-13-19(22(20)15-8-3-2-4-9-15)18-16-10-6-5-7-14(16)11-12-17(18)21-13/h2-12H,1H3. The third-order valence-corrected chi connectivity index (χ3v) is 5.41. The van der Waals surface area contributed by atoms with Gasteiger partial charge in [-0.2, -0.15) is 0 Å². The summed E-state index contributed by atoms with van der Waals surface area (Å²) in [5.41, 5.74) is 0.787. The van der Waals surface area contributed by atoms with E-state index in [-0.39, 0.29) is 0 Å². The van der Waals surface area contributed by atoms with Crippen LogP contribution in [-0.4, -0.2) is 4.21 Å². The van der Waals surface area contributed by atoms with Gasteiger partial charge in [-0.15, -0.1) is 0 Å². The fraction of sp³-hybridized carbons (Fsp3) is 0.0526. The van der Waals surface area contributed by atoms with Crippen molar-refractivity contribution in [2.24, 2.45) is 0 Å². The van der Waals surface area contributed by atoms with Crippen LogP contribution in [0.15, 0.2) is 80.9 Å². The third-order valence-electron chi connectivity index (χ3n) is 3.84. The van der Waals surface area contributed by atoms with Crippen LogP contribution in [0.2, 0.25) is 0 Å². The summed E-state index contributed by atoms with van der Waals surface area (Å²) in [6.45, 7) is 1.88. The van der Waals surface area contributed by atoms with Crippen LogP contribution in [0.4, 0.5) is 0 Å². The molecule has 0 N–H and O–H groups in total. The van der Waals surface area contributed by atoms with Crippen molar-refractivity contribution in [3.8, 4) is 0 Å². The van der Waals surface area contributed by atoms with Crippen molar-refractivity contribution in [3.05, 3.63) is 72.5 Å². The third kappa shape index (κ3) is 1.97. The van der Waals surface area contributed by atoms with Gasteiger partial charge >= 0.3 is 0 Å². The van der Waals surface area contributed by atoms with E-state index in [4.69, 9.17) is 4.42 Å². The Morgan fingerprint density at radius 2 is 1.59 bits per heavy atom. The lowest BCUT2D eigenvalue weighted by Gasteiger charge is -2.04. The summed E-state index contributed by atoms with van der Waals surface area (Å²) in [5.74, 6) is 0.716. The first-order chi connectivity index (χ1) is 10.8. The van der Waals surface area contributed by atoms with Crippen LogP contribution in [0.3, 0.4) is 0 Å². The summed E-state index contributed by atoms with van der Waals surface area (Å²) in [7, 11) is -1.25. The highest BCUT2D eigenvalue weighted by molar-refractivity contribution is 7.85. The van der Waals surface area contributed by atoms with E-state index >= 15 is 0 Å². The largest absolute Gasteiger partial charge is 0.460 e. The summed E-state index contributed by atoms with van der Waals surface area (Å²) in [5, 5.41) is 3.16. The van der Waals surface area contributed by atoms with Gasteiger partial charge in [0.05, 0.1) is 15.7 Å². The Labute approximate surface area is 130 Å². The lowest BCUT2D eigenvalue weighted by Crippen LogP contribution is -1.93. The molecule has 0 saturated carbocycles. The first kappa shape index (κ1) is 13.3. The predicted octanol–water partition coefficient (Wildman–Crippen LogP) is 5.06. The monoisotopic (exact) mass is 306 g/mol. The van der Waals surface area contributed by atoms with Crippen molar-refractivity contribution >= 4 is 32.5 Å². The van der Waals surface area contributed by atoms with Gasteiger partial charge in [-0.3, -0.25) is 0 Å². The second-order valence-corrected chi connectivity index (χ2v) is 6.65. The number of rotatable bonds is 2. The lowest BCUT2D eigenvalue weighted by atomic mass is 10.1. The van der Waals surface area contributed by atoms with Gasteiger partial charge in [-0.1, -0.05) is 48.5 Å². The average Bonchev–Trinajstić information content (AvgIpc) is 2.91. The van der Waals surface area contributed by atoms with Crippen molar-refractivity contribution in [2.75, 3.05) is 0 Å². The Balaban J connectivity index is 2.07. The van der Waals surface area contributed by atoms with Crippen molar-refractivity contribution < 1.29 is 8.63 Å². The van der Waals surface area contributed by atoms with E-state index in [1.807, 2.05) is 61.5 Å². The molecule has 4 aromatic rings. The molecule has 2 nitrogen and oxygen atoms in total. The lowest BCUT2D eigenvalue weighted by molar-refractivity contribution is 0.566. The van der Waals surface area contributed by atoms with Crippen LogP contribution < -0.4 is 0 Å². The molecule has 3 heteroatoms. The number of aryl methyl sites for hydroxylation is 1. The Kier molecular flexibility index (Phi) is 3.09. The highest BCUT2D eigenvalue weighted by Gasteiger charge is 2.20. The molecule has 0 radical (unpaired) electrons. The zero-order chi connectivity index (χ0) is 15.1. The van der Waals surface area contributed by atoms with Crippen LogP contribution in [0.1, 0.15) is 5.76 Å². The number of furan rings is 1. The minimum Gasteiger partial charge on any atom is -0.460 e.